The smallest absolute Gasteiger partial charge is 0.243 e. The van der Waals surface area contributed by atoms with Gasteiger partial charge in [-0.25, -0.2) is 10.0 Å². The molecule has 6 N–H and O–H groups in total. The molecule has 0 aliphatic carbocycles. The van der Waals surface area contributed by atoms with E-state index in [1.807, 2.05) is 0 Å². The number of carbonyl (C=O) groups is 2. The number of carbonyl (C=O) groups excluding carboxylic acids is 2. The van der Waals surface area contributed by atoms with E-state index in [9.17, 15) is 9.59 Å². The standard InChI is InChI=1S/C9H18N6O2S2/c1-14(4-6(10)18)12-8(16)3-9(17)13-15(2)5-7(11)19/h3-5H2,1-2H3,(H2,10,18)(H2,11,19)(H,12,16)(H,13,17). The second-order valence-corrected chi connectivity index (χ2v) is 4.94. The molecule has 2 amide bonds. The molecule has 0 saturated carbocycles. The lowest BCUT2D eigenvalue weighted by Crippen LogP contribution is -2.47. The Balaban J connectivity index is 4.02. The molecule has 19 heavy (non-hydrogen) atoms. The van der Waals surface area contributed by atoms with Gasteiger partial charge in [-0.05, 0) is 0 Å². The summed E-state index contributed by atoms with van der Waals surface area (Å²) in [5.74, 6) is -0.944. The molecule has 10 heteroatoms. The second-order valence-electron chi connectivity index (χ2n) is 3.89. The molecule has 0 bridgehead atoms. The third kappa shape index (κ3) is 10.3. The zero-order valence-corrected chi connectivity index (χ0v) is 12.4. The molecule has 0 heterocycles. The molecule has 0 saturated heterocycles. The van der Waals surface area contributed by atoms with Gasteiger partial charge in [0.15, 0.2) is 0 Å². The first-order valence-corrected chi connectivity index (χ1v) is 6.10. The van der Waals surface area contributed by atoms with E-state index in [1.54, 1.807) is 14.1 Å². The van der Waals surface area contributed by atoms with Crippen LogP contribution in [0.4, 0.5) is 0 Å². The van der Waals surface area contributed by atoms with Gasteiger partial charge in [-0.1, -0.05) is 24.4 Å². The number of rotatable bonds is 8. The predicted octanol–water partition coefficient (Wildman–Crippen LogP) is -2.13. The van der Waals surface area contributed by atoms with Crippen molar-refractivity contribution in [3.63, 3.8) is 0 Å². The van der Waals surface area contributed by atoms with Crippen LogP contribution in [0.5, 0.6) is 0 Å². The minimum atomic E-state index is -0.472. The maximum atomic E-state index is 11.5. The molecule has 0 rings (SSSR count). The van der Waals surface area contributed by atoms with Gasteiger partial charge in [-0.3, -0.25) is 20.4 Å². The van der Waals surface area contributed by atoms with Crippen LogP contribution >= 0.6 is 24.4 Å². The van der Waals surface area contributed by atoms with Gasteiger partial charge in [-0.15, -0.1) is 0 Å². The van der Waals surface area contributed by atoms with Gasteiger partial charge in [0.2, 0.25) is 11.8 Å². The van der Waals surface area contributed by atoms with Crippen LogP contribution in [0.2, 0.25) is 0 Å². The van der Waals surface area contributed by atoms with Gasteiger partial charge in [-0.2, -0.15) is 0 Å². The van der Waals surface area contributed by atoms with Crippen molar-refractivity contribution in [3.05, 3.63) is 0 Å². The van der Waals surface area contributed by atoms with Crippen LogP contribution < -0.4 is 22.3 Å². The van der Waals surface area contributed by atoms with Crippen molar-refractivity contribution >= 4 is 46.2 Å². The molecule has 0 aromatic heterocycles. The normalized spacial score (nSPS) is 10.3. The summed E-state index contributed by atoms with van der Waals surface area (Å²) in [4.78, 5) is 23.4. The number of nitrogens with one attached hydrogen (secondary N) is 2. The number of nitrogens with zero attached hydrogens (tertiary/aromatic N) is 2. The Kier molecular flexibility index (Phi) is 8.07. The highest BCUT2D eigenvalue weighted by atomic mass is 32.1. The van der Waals surface area contributed by atoms with E-state index in [0.717, 1.165) is 0 Å². The number of hydrogen-bond acceptors (Lipinski definition) is 6. The number of thiocarbonyl (C=S) groups is 2. The number of amides is 2. The van der Waals surface area contributed by atoms with Crippen molar-refractivity contribution < 1.29 is 9.59 Å². The van der Waals surface area contributed by atoms with Crippen molar-refractivity contribution in [2.75, 3.05) is 27.2 Å². The molecular formula is C9H18N6O2S2. The Morgan fingerprint density at radius 2 is 1.26 bits per heavy atom. The fraction of sp³-hybridized carbons (Fsp3) is 0.556. The molecular weight excluding hydrogens is 288 g/mol. The number of nitrogens with two attached hydrogens (primary N) is 2. The van der Waals surface area contributed by atoms with Crippen LogP contribution in [-0.4, -0.2) is 59.0 Å². The van der Waals surface area contributed by atoms with Gasteiger partial charge >= 0.3 is 0 Å². The van der Waals surface area contributed by atoms with Gasteiger partial charge in [0.1, 0.15) is 6.42 Å². The quantitative estimate of drug-likeness (QED) is 0.228. The van der Waals surface area contributed by atoms with Gasteiger partial charge in [0, 0.05) is 14.1 Å². The van der Waals surface area contributed by atoms with Crippen molar-refractivity contribution in [1.82, 2.24) is 20.9 Å². The summed E-state index contributed by atoms with van der Waals surface area (Å²) in [5.41, 5.74) is 15.5. The average molecular weight is 306 g/mol. The molecule has 0 aliphatic heterocycles. The predicted molar refractivity (Wildman–Crippen MR) is 79.7 cm³/mol. The first-order valence-electron chi connectivity index (χ1n) is 5.28. The molecule has 0 fully saturated rings. The Labute approximate surface area is 122 Å². The SMILES string of the molecule is CN(CC(N)=S)NC(=O)CC(=O)NN(C)CC(N)=S. The summed E-state index contributed by atoms with van der Waals surface area (Å²) < 4.78 is 0. The lowest BCUT2D eigenvalue weighted by Gasteiger charge is -2.19. The van der Waals surface area contributed by atoms with E-state index in [-0.39, 0.29) is 29.5 Å². The summed E-state index contributed by atoms with van der Waals surface area (Å²) in [5, 5.41) is 2.80. The van der Waals surface area contributed by atoms with Crippen molar-refractivity contribution in [2.24, 2.45) is 11.5 Å². The van der Waals surface area contributed by atoms with Gasteiger partial charge in [0.05, 0.1) is 23.1 Å². The van der Waals surface area contributed by atoms with E-state index in [0.29, 0.717) is 0 Å². The maximum Gasteiger partial charge on any atom is 0.243 e. The maximum absolute atomic E-state index is 11.5. The highest BCUT2D eigenvalue weighted by Crippen LogP contribution is 1.85. The van der Waals surface area contributed by atoms with E-state index < -0.39 is 11.8 Å². The number of hydrazine groups is 2. The van der Waals surface area contributed by atoms with Gasteiger partial charge < -0.3 is 11.5 Å². The molecule has 0 radical (unpaired) electrons. The molecule has 108 valence electrons. The van der Waals surface area contributed by atoms with Crippen LogP contribution in [0.15, 0.2) is 0 Å². The summed E-state index contributed by atoms with van der Waals surface area (Å²) in [6, 6.07) is 0. The Bertz CT molecular complexity index is 342. The summed E-state index contributed by atoms with van der Waals surface area (Å²) in [6.07, 6.45) is -0.330. The molecule has 0 aliphatic rings. The molecule has 0 aromatic carbocycles. The van der Waals surface area contributed by atoms with Crippen LogP contribution in [-0.2, 0) is 9.59 Å². The average Bonchev–Trinajstić information content (AvgIpc) is 2.12. The Morgan fingerprint density at radius 3 is 1.53 bits per heavy atom. The van der Waals surface area contributed by atoms with Crippen LogP contribution in [0.1, 0.15) is 6.42 Å². The zero-order chi connectivity index (χ0) is 15.0. The molecule has 0 spiro atoms. The van der Waals surface area contributed by atoms with E-state index in [4.69, 9.17) is 11.5 Å². The molecule has 0 aromatic rings. The summed E-state index contributed by atoms with van der Waals surface area (Å²) in [6.45, 7) is 0.452. The number of likely N-dealkylation sites (N-methyl/N-ethyl adjacent to an activating group) is 2. The van der Waals surface area contributed by atoms with Crippen molar-refractivity contribution in [3.8, 4) is 0 Å². The van der Waals surface area contributed by atoms with Gasteiger partial charge in [0.25, 0.3) is 0 Å². The molecule has 0 atom stereocenters. The van der Waals surface area contributed by atoms with Crippen molar-refractivity contribution in [1.29, 1.82) is 0 Å². The minimum Gasteiger partial charge on any atom is -0.392 e. The third-order valence-electron chi connectivity index (χ3n) is 1.74. The Hall–Kier alpha value is -1.36. The molecule has 0 unspecified atom stereocenters. The summed E-state index contributed by atoms with van der Waals surface area (Å²) in [7, 11) is 3.18. The van der Waals surface area contributed by atoms with Crippen LogP contribution in [0, 0.1) is 0 Å². The first kappa shape index (κ1) is 17.6. The monoisotopic (exact) mass is 306 g/mol. The largest absolute Gasteiger partial charge is 0.392 e. The number of hydrogen-bond donors (Lipinski definition) is 4. The summed E-state index contributed by atoms with van der Waals surface area (Å²) >= 11 is 9.37. The second kappa shape index (κ2) is 8.69. The lowest BCUT2D eigenvalue weighted by molar-refractivity contribution is -0.133. The van der Waals surface area contributed by atoms with E-state index in [2.05, 4.69) is 35.3 Å². The third-order valence-corrected chi connectivity index (χ3v) is 2.00. The van der Waals surface area contributed by atoms with Crippen molar-refractivity contribution in [2.45, 2.75) is 6.42 Å². The zero-order valence-electron chi connectivity index (χ0n) is 10.8. The Morgan fingerprint density at radius 1 is 0.947 bits per heavy atom. The van der Waals surface area contributed by atoms with Crippen LogP contribution in [0.3, 0.4) is 0 Å². The fourth-order valence-corrected chi connectivity index (χ4v) is 1.58. The fourth-order valence-electron chi connectivity index (χ4n) is 1.20. The van der Waals surface area contributed by atoms with E-state index >= 15 is 0 Å². The topological polar surface area (TPSA) is 117 Å². The highest BCUT2D eigenvalue weighted by Gasteiger charge is 2.13. The minimum absolute atomic E-state index is 0.226. The first-order chi connectivity index (χ1) is 8.70. The van der Waals surface area contributed by atoms with E-state index in [1.165, 1.54) is 10.0 Å². The molecule has 8 nitrogen and oxygen atoms in total. The highest BCUT2D eigenvalue weighted by molar-refractivity contribution is 7.80. The lowest BCUT2D eigenvalue weighted by atomic mass is 10.4. The van der Waals surface area contributed by atoms with Crippen LogP contribution in [0.25, 0.3) is 0 Å².